The van der Waals surface area contributed by atoms with E-state index in [4.69, 9.17) is 14.9 Å². The van der Waals surface area contributed by atoms with Gasteiger partial charge >= 0.3 is 25.7 Å². The number of hydrogen-bond donors (Lipinski definition) is 0. The van der Waals surface area contributed by atoms with Crippen molar-refractivity contribution in [3.63, 3.8) is 0 Å². The topological polar surface area (TPSA) is 153 Å². The monoisotopic (exact) mass is 1070 g/mol. The second-order valence-corrected chi connectivity index (χ2v) is 16.9. The first-order chi connectivity index (χ1) is 33.1. The van der Waals surface area contributed by atoms with Crippen LogP contribution in [0.15, 0.2) is 127 Å². The van der Waals surface area contributed by atoms with Crippen molar-refractivity contribution in [1.29, 1.82) is 0 Å². The number of unbranched alkanes of at least 4 members (excludes halogenated alkanes) is 3. The molecule has 7 aromatic heterocycles. The minimum Gasteiger partial charge on any atom is -0.753 e. The summed E-state index contributed by atoms with van der Waals surface area (Å²) in [6.07, 6.45) is 10.2. The van der Waals surface area contributed by atoms with Crippen LogP contribution in [0.2, 0.25) is 0 Å². The van der Waals surface area contributed by atoms with E-state index in [0.717, 1.165) is 40.5 Å². The van der Waals surface area contributed by atoms with Gasteiger partial charge in [0.15, 0.2) is 0 Å². The summed E-state index contributed by atoms with van der Waals surface area (Å²) < 4.78 is 50.7. The van der Waals surface area contributed by atoms with Gasteiger partial charge in [-0.15, -0.1) is 22.7 Å². The predicted molar refractivity (Wildman–Crippen MR) is 265 cm³/mol. The van der Waals surface area contributed by atoms with E-state index in [1.807, 2.05) is 24.3 Å². The number of fused-ring (bicyclic) bond motifs is 3. The molecule has 0 aliphatic heterocycles. The number of thiophene rings is 2. The van der Waals surface area contributed by atoms with Gasteiger partial charge < -0.3 is 25.1 Å². The summed E-state index contributed by atoms with van der Waals surface area (Å²) in [6.45, 7) is 2.88. The second-order valence-electron chi connectivity index (χ2n) is 14.8. The number of aromatic nitrogens is 6. The molecule has 11 nitrogen and oxygen atoms in total. The van der Waals surface area contributed by atoms with Gasteiger partial charge in [0.1, 0.15) is 17.2 Å². The molecule has 2 aromatic carbocycles. The molecule has 0 saturated heterocycles. The Morgan fingerprint density at radius 2 is 1.38 bits per heavy atom. The van der Waals surface area contributed by atoms with E-state index in [1.165, 1.54) is 56.4 Å². The number of thiocarbonyl (C=S) groups is 1. The first-order valence-corrected chi connectivity index (χ1v) is 23.1. The number of hydrogen-bond acceptors (Lipinski definition) is 12. The van der Waals surface area contributed by atoms with Crippen LogP contribution in [0, 0.1) is 0 Å². The SMILES string of the molecule is CCCCCCc1ccsc1-c1ccnc(-c2cc(C(F)(F)F)n[n-]2)c1.O=COc1ccnc(-c2cc(OC=O)cc(-c3cc(/C=C/c4ccc5c(c4)sc4ccccc45)ccn3)n2)c1.[N-]=C=S.[Ru+2]. The molecule has 0 N–H and O–H groups in total. The van der Waals surface area contributed by atoms with Gasteiger partial charge in [-0.3, -0.25) is 24.5 Å². The number of rotatable bonds is 15. The number of carbonyl (C=O) groups excluding carboxylic acids is 2. The minimum atomic E-state index is -4.50. The number of ether oxygens (including phenoxy) is 2. The number of alkyl halides is 3. The number of pyridine rings is 4. The fourth-order valence-electron chi connectivity index (χ4n) is 7.10. The fourth-order valence-corrected chi connectivity index (χ4v) is 9.21. The van der Waals surface area contributed by atoms with Crippen LogP contribution in [0.1, 0.15) is 55.0 Å². The van der Waals surface area contributed by atoms with Gasteiger partial charge in [-0.25, -0.2) is 4.98 Å². The van der Waals surface area contributed by atoms with E-state index >= 15 is 0 Å². The van der Waals surface area contributed by atoms with Crippen molar-refractivity contribution in [2.75, 3.05) is 0 Å². The van der Waals surface area contributed by atoms with Crippen LogP contribution in [0.4, 0.5) is 13.2 Å². The average molecular weight is 1070 g/mol. The van der Waals surface area contributed by atoms with Crippen molar-refractivity contribution in [3.05, 3.63) is 155 Å². The van der Waals surface area contributed by atoms with Gasteiger partial charge in [-0.1, -0.05) is 86.6 Å². The molecule has 0 spiro atoms. The van der Waals surface area contributed by atoms with Gasteiger partial charge in [-0.05, 0) is 95.1 Å². The maximum Gasteiger partial charge on any atom is 2.00 e. The van der Waals surface area contributed by atoms with Crippen LogP contribution >= 0.6 is 34.9 Å². The molecule has 0 radical (unpaired) electrons. The Morgan fingerprint density at radius 3 is 2.10 bits per heavy atom. The predicted octanol–water partition coefficient (Wildman–Crippen LogP) is 13.4. The smallest absolute Gasteiger partial charge is 0.753 e. The first-order valence-electron chi connectivity index (χ1n) is 21.0. The quantitative estimate of drug-likeness (QED) is 0.0317. The molecule has 0 saturated carbocycles. The van der Waals surface area contributed by atoms with Crippen molar-refractivity contribution in [3.8, 4) is 56.1 Å². The Bertz CT molecular complexity index is 3240. The maximum atomic E-state index is 12.7. The van der Waals surface area contributed by atoms with E-state index in [9.17, 15) is 22.8 Å². The number of halogens is 3. The van der Waals surface area contributed by atoms with Gasteiger partial charge in [0.25, 0.3) is 12.9 Å². The van der Waals surface area contributed by atoms with Crippen LogP contribution in [-0.2, 0) is 41.7 Å². The molecule has 0 atom stereocenters. The van der Waals surface area contributed by atoms with Gasteiger partial charge in [-0.2, -0.15) is 18.3 Å². The molecule has 0 amide bonds. The summed E-state index contributed by atoms with van der Waals surface area (Å²) in [5.74, 6) is 0.604. The number of nitrogens with zero attached hydrogens (tertiary/aromatic N) is 7. The number of carbonyl (C=O) groups is 2. The number of benzene rings is 2. The van der Waals surface area contributed by atoms with Crippen LogP contribution in [0.3, 0.4) is 0 Å². The summed E-state index contributed by atoms with van der Waals surface area (Å²) >= 11 is 7.12. The molecule has 18 heteroatoms. The molecule has 0 aliphatic rings. The van der Waals surface area contributed by atoms with Crippen molar-refractivity contribution in [1.82, 2.24) is 30.1 Å². The van der Waals surface area contributed by atoms with Crippen LogP contribution in [0.5, 0.6) is 11.5 Å². The zero-order valence-corrected chi connectivity index (χ0v) is 40.6. The molecule has 9 rings (SSSR count). The largest absolute Gasteiger partial charge is 2.00 e. The van der Waals surface area contributed by atoms with Gasteiger partial charge in [0, 0.05) is 61.8 Å². The van der Waals surface area contributed by atoms with Crippen LogP contribution in [-0.4, -0.2) is 43.1 Å². The first kappa shape index (κ1) is 51.5. The van der Waals surface area contributed by atoms with Gasteiger partial charge in [0.2, 0.25) is 0 Å². The van der Waals surface area contributed by atoms with Crippen molar-refractivity contribution >= 4 is 85.3 Å². The number of aryl methyl sites for hydroxylation is 1. The van der Waals surface area contributed by atoms with E-state index in [0.29, 0.717) is 47.2 Å². The molecular weight excluding hydrogens is 1030 g/mol. The van der Waals surface area contributed by atoms with E-state index < -0.39 is 11.9 Å². The van der Waals surface area contributed by atoms with Crippen molar-refractivity contribution < 1.29 is 51.7 Å². The van der Waals surface area contributed by atoms with E-state index in [1.54, 1.807) is 65.4 Å². The third-order valence-electron chi connectivity index (χ3n) is 10.2. The molecule has 0 bridgehead atoms. The third-order valence-corrected chi connectivity index (χ3v) is 12.4. The van der Waals surface area contributed by atoms with Crippen molar-refractivity contribution in [2.45, 2.75) is 45.2 Å². The molecule has 7 heterocycles. The molecule has 348 valence electrons. The van der Waals surface area contributed by atoms with Crippen molar-refractivity contribution in [2.24, 2.45) is 0 Å². The summed E-state index contributed by atoms with van der Waals surface area (Å²) in [4.78, 5) is 40.6. The van der Waals surface area contributed by atoms with Crippen LogP contribution in [0.25, 0.3) is 82.3 Å². The Morgan fingerprint density at radius 1 is 0.725 bits per heavy atom. The van der Waals surface area contributed by atoms with Crippen LogP contribution < -0.4 is 14.6 Å². The summed E-state index contributed by atoms with van der Waals surface area (Å²) in [5, 5.41) is 19.9. The maximum absolute atomic E-state index is 12.7. The standard InChI is InChI=1S/C31H19N3O4S.C19H19F3N3S.CNS.Ru/c35-18-37-22-10-12-33-27(15-22)29-17-23(38-19-36)16-28(34-29)26-13-21(9-11-32-26)6-5-20-7-8-25-24-3-1-2-4-30(24)39-31(25)14-20;1-2-3-4-5-6-13-8-10-26-18(13)14-7-9-23-15(11-14)16-12-17(25-24-16)19(20,21)22;2-1-3;/h1-19H;7-12H,2-6H2,1H3;;/q;2*-1;+2/b6-5+;;;. The molecule has 69 heavy (non-hydrogen) atoms. The zero-order valence-electron chi connectivity index (χ0n) is 36.4. The molecule has 0 aliphatic carbocycles. The Kier molecular flexibility index (Phi) is 18.6. The Balaban J connectivity index is 0.000000227. The second kappa shape index (κ2) is 24.9. The third kappa shape index (κ3) is 13.6. The average Bonchev–Trinajstić information content (AvgIpc) is 4.13. The van der Waals surface area contributed by atoms with Gasteiger partial charge in [0.05, 0.1) is 28.5 Å². The summed E-state index contributed by atoms with van der Waals surface area (Å²) in [6, 6.07) is 31.8. The molecule has 9 aromatic rings. The Hall–Kier alpha value is -6.94. The molecule has 0 fully saturated rings. The van der Waals surface area contributed by atoms with E-state index in [2.05, 4.69) is 109 Å². The minimum absolute atomic E-state index is 0. The molecule has 0 unspecified atom stereocenters. The Labute approximate surface area is 420 Å². The normalized spacial score (nSPS) is 10.9. The number of isothiocyanates is 1. The summed E-state index contributed by atoms with van der Waals surface area (Å²) in [7, 11) is 0. The summed E-state index contributed by atoms with van der Waals surface area (Å²) in [5.41, 5.74) is 5.76. The molecular formula is C51H38F3N7O4RuS3. The fraction of sp³-hybridized carbons (Fsp3) is 0.137. The van der Waals surface area contributed by atoms with E-state index in [-0.39, 0.29) is 30.9 Å². The zero-order chi connectivity index (χ0) is 47.9.